The first-order valence-corrected chi connectivity index (χ1v) is 9.49. The number of rotatable bonds is 8. The third-order valence-electron chi connectivity index (χ3n) is 4.29. The van der Waals surface area contributed by atoms with Crippen LogP contribution in [-0.2, 0) is 20.5 Å². The van der Waals surface area contributed by atoms with Gasteiger partial charge in [0.25, 0.3) is 5.69 Å². The number of halogens is 4. The van der Waals surface area contributed by atoms with Crippen LogP contribution in [0.25, 0.3) is 0 Å². The van der Waals surface area contributed by atoms with E-state index in [4.69, 9.17) is 16.3 Å². The molecule has 32 heavy (non-hydrogen) atoms. The lowest BCUT2D eigenvalue weighted by Gasteiger charge is -2.21. The second kappa shape index (κ2) is 10.3. The first kappa shape index (κ1) is 24.9. The van der Waals surface area contributed by atoms with Gasteiger partial charge in [0.1, 0.15) is 17.2 Å². The molecule has 2 aromatic carbocycles. The largest absolute Gasteiger partial charge is 0.469 e. The predicted octanol–water partition coefficient (Wildman–Crippen LogP) is 5.37. The van der Waals surface area contributed by atoms with Crippen LogP contribution in [0.5, 0.6) is 11.5 Å². The summed E-state index contributed by atoms with van der Waals surface area (Å²) < 4.78 is 48.5. The van der Waals surface area contributed by atoms with Gasteiger partial charge in [0.2, 0.25) is 5.91 Å². The lowest BCUT2D eigenvalue weighted by Crippen LogP contribution is -2.30. The minimum atomic E-state index is -4.59. The van der Waals surface area contributed by atoms with Crippen LogP contribution >= 0.6 is 11.6 Å². The number of carbonyl (C=O) groups is 2. The van der Waals surface area contributed by atoms with Crippen molar-refractivity contribution in [1.29, 1.82) is 0 Å². The molecule has 0 fully saturated rings. The van der Waals surface area contributed by atoms with E-state index in [0.29, 0.717) is 6.07 Å². The van der Waals surface area contributed by atoms with Crippen molar-refractivity contribution in [2.45, 2.75) is 25.9 Å². The van der Waals surface area contributed by atoms with Gasteiger partial charge in [0.15, 0.2) is 0 Å². The van der Waals surface area contributed by atoms with Gasteiger partial charge in [0, 0.05) is 32.0 Å². The van der Waals surface area contributed by atoms with Crippen molar-refractivity contribution >= 4 is 34.9 Å². The molecule has 0 heterocycles. The Balaban J connectivity index is 2.37. The monoisotopic (exact) mass is 474 g/mol. The van der Waals surface area contributed by atoms with Crippen molar-refractivity contribution in [2.24, 2.45) is 0 Å². The molecule has 0 spiro atoms. The number of nitro groups is 1. The molecule has 12 heteroatoms. The zero-order chi connectivity index (χ0) is 24.1. The number of ether oxygens (including phenoxy) is 2. The summed E-state index contributed by atoms with van der Waals surface area (Å²) in [4.78, 5) is 35.3. The van der Waals surface area contributed by atoms with Crippen LogP contribution in [0.3, 0.4) is 0 Å². The normalized spacial score (nSPS) is 11.1. The number of nitro benzene ring substituents is 1. The fraction of sp³-hybridized carbons (Fsp3) is 0.300. The van der Waals surface area contributed by atoms with Gasteiger partial charge < -0.3 is 14.4 Å². The molecule has 0 aliphatic rings. The molecule has 2 aromatic rings. The predicted molar refractivity (Wildman–Crippen MR) is 109 cm³/mol. The van der Waals surface area contributed by atoms with Gasteiger partial charge in [-0.15, -0.1) is 0 Å². The number of methoxy groups -OCH3 is 1. The Morgan fingerprint density at radius 3 is 2.41 bits per heavy atom. The minimum absolute atomic E-state index is 0.00600. The summed E-state index contributed by atoms with van der Waals surface area (Å²) in [6.07, 6.45) is -4.42. The maximum absolute atomic E-state index is 12.8. The minimum Gasteiger partial charge on any atom is -0.469 e. The third kappa shape index (κ3) is 6.33. The van der Waals surface area contributed by atoms with Crippen LogP contribution in [0.1, 0.15) is 25.3 Å². The van der Waals surface area contributed by atoms with Gasteiger partial charge in [0.05, 0.1) is 22.6 Å². The number of benzene rings is 2. The number of carbonyl (C=O) groups excluding carboxylic acids is 2. The van der Waals surface area contributed by atoms with E-state index in [1.807, 2.05) is 0 Å². The van der Waals surface area contributed by atoms with E-state index < -0.39 is 34.2 Å². The highest BCUT2D eigenvalue weighted by Crippen LogP contribution is 2.38. The lowest BCUT2D eigenvalue weighted by molar-refractivity contribution is -0.384. The Hall–Kier alpha value is -3.34. The summed E-state index contributed by atoms with van der Waals surface area (Å²) in [6.45, 7) is 1.18. The molecular formula is C20H18ClF3N2O6. The van der Waals surface area contributed by atoms with Crippen molar-refractivity contribution in [3.05, 3.63) is 57.1 Å². The van der Waals surface area contributed by atoms with Crippen molar-refractivity contribution in [3.63, 3.8) is 0 Å². The average Bonchev–Trinajstić information content (AvgIpc) is 2.71. The van der Waals surface area contributed by atoms with Crippen molar-refractivity contribution < 1.29 is 37.2 Å². The van der Waals surface area contributed by atoms with E-state index >= 15 is 0 Å². The smallest absolute Gasteiger partial charge is 0.416 e. The quantitative estimate of drug-likeness (QED) is 0.290. The van der Waals surface area contributed by atoms with Crippen molar-refractivity contribution in [3.8, 4) is 11.5 Å². The molecule has 0 unspecified atom stereocenters. The number of anilines is 1. The van der Waals surface area contributed by atoms with Gasteiger partial charge in [-0.05, 0) is 30.7 Å². The van der Waals surface area contributed by atoms with E-state index in [9.17, 15) is 32.9 Å². The number of nitrogens with zero attached hydrogens (tertiary/aromatic N) is 2. The molecule has 0 aliphatic heterocycles. The first-order chi connectivity index (χ1) is 14.9. The molecule has 172 valence electrons. The fourth-order valence-corrected chi connectivity index (χ4v) is 2.97. The molecule has 0 bridgehead atoms. The van der Waals surface area contributed by atoms with Gasteiger partial charge >= 0.3 is 12.1 Å². The van der Waals surface area contributed by atoms with Crippen LogP contribution in [-0.4, -0.2) is 30.5 Å². The van der Waals surface area contributed by atoms with Crippen LogP contribution in [0.4, 0.5) is 24.5 Å². The third-order valence-corrected chi connectivity index (χ3v) is 4.59. The maximum atomic E-state index is 12.8. The van der Waals surface area contributed by atoms with E-state index in [0.717, 1.165) is 23.1 Å². The van der Waals surface area contributed by atoms with Crippen LogP contribution in [0.15, 0.2) is 36.4 Å². The second-order valence-electron chi connectivity index (χ2n) is 6.50. The highest BCUT2D eigenvalue weighted by atomic mass is 35.5. The highest BCUT2D eigenvalue weighted by molar-refractivity contribution is 6.32. The van der Waals surface area contributed by atoms with Gasteiger partial charge in [-0.1, -0.05) is 11.6 Å². The summed E-state index contributed by atoms with van der Waals surface area (Å²) in [5.74, 6) is -1.13. The molecule has 2 rings (SSSR count). The Morgan fingerprint density at radius 2 is 1.88 bits per heavy atom. The first-order valence-electron chi connectivity index (χ1n) is 9.12. The second-order valence-corrected chi connectivity index (χ2v) is 6.91. The molecule has 0 saturated carbocycles. The molecule has 0 aliphatic carbocycles. The maximum Gasteiger partial charge on any atom is 0.416 e. The molecule has 0 saturated heterocycles. The average molecular weight is 475 g/mol. The molecular weight excluding hydrogens is 457 g/mol. The number of amides is 1. The molecule has 8 nitrogen and oxygen atoms in total. The van der Waals surface area contributed by atoms with E-state index in [1.165, 1.54) is 26.2 Å². The lowest BCUT2D eigenvalue weighted by atomic mass is 10.2. The van der Waals surface area contributed by atoms with Crippen LogP contribution in [0.2, 0.25) is 5.02 Å². The molecule has 0 aromatic heterocycles. The highest BCUT2D eigenvalue weighted by Gasteiger charge is 2.31. The van der Waals surface area contributed by atoms with Crippen LogP contribution in [0, 0.1) is 10.1 Å². The van der Waals surface area contributed by atoms with Crippen molar-refractivity contribution in [1.82, 2.24) is 0 Å². The molecule has 0 radical (unpaired) electrons. The Bertz CT molecular complexity index is 1030. The SMILES string of the molecule is COC(=O)CCCN(C(C)=O)c1cc(Oc2ccc(C(F)(F)F)cc2Cl)ccc1[N+](=O)[O-]. The molecule has 0 atom stereocenters. The van der Waals surface area contributed by atoms with E-state index in [1.54, 1.807) is 0 Å². The number of esters is 1. The summed E-state index contributed by atoms with van der Waals surface area (Å²) >= 11 is 5.89. The van der Waals surface area contributed by atoms with E-state index in [2.05, 4.69) is 4.74 Å². The fourth-order valence-electron chi connectivity index (χ4n) is 2.76. The summed E-state index contributed by atoms with van der Waals surface area (Å²) in [5.41, 5.74) is -1.47. The van der Waals surface area contributed by atoms with Gasteiger partial charge in [-0.3, -0.25) is 19.7 Å². The zero-order valence-corrected chi connectivity index (χ0v) is 17.7. The molecule has 0 N–H and O–H groups in total. The summed E-state index contributed by atoms with van der Waals surface area (Å²) in [6, 6.07) is 6.01. The van der Waals surface area contributed by atoms with Gasteiger partial charge in [-0.2, -0.15) is 13.2 Å². The number of alkyl halides is 3. The topological polar surface area (TPSA) is 99.0 Å². The number of hydrogen-bond acceptors (Lipinski definition) is 6. The van der Waals surface area contributed by atoms with Crippen LogP contribution < -0.4 is 9.64 Å². The van der Waals surface area contributed by atoms with Crippen molar-refractivity contribution in [2.75, 3.05) is 18.6 Å². The van der Waals surface area contributed by atoms with E-state index in [-0.39, 0.29) is 41.6 Å². The summed E-state index contributed by atoms with van der Waals surface area (Å²) in [5, 5.41) is 11.1. The number of hydrogen-bond donors (Lipinski definition) is 0. The molecule has 1 amide bonds. The zero-order valence-electron chi connectivity index (χ0n) is 16.9. The van der Waals surface area contributed by atoms with Gasteiger partial charge in [-0.25, -0.2) is 0 Å². The Labute approximate surface area is 185 Å². The standard InChI is InChI=1S/C20H18ClF3N2O6/c1-12(27)25(9-3-4-19(28)31-2)17-11-14(6-7-16(17)26(29)30)32-18-8-5-13(10-15(18)21)20(22,23)24/h5-8,10-11H,3-4,9H2,1-2H3. The Kier molecular flexibility index (Phi) is 8.03. The Morgan fingerprint density at radius 1 is 1.19 bits per heavy atom. The summed E-state index contributed by atoms with van der Waals surface area (Å²) in [7, 11) is 1.21.